The van der Waals surface area contributed by atoms with Gasteiger partial charge in [0.2, 0.25) is 0 Å². The first kappa shape index (κ1) is 22.8. The average Bonchev–Trinajstić information content (AvgIpc) is 3.30. The molecule has 0 atom stereocenters. The Morgan fingerprint density at radius 1 is 1.26 bits per heavy atom. The predicted octanol–water partition coefficient (Wildman–Crippen LogP) is 5.25. The molecule has 1 saturated heterocycles. The highest BCUT2D eigenvalue weighted by Crippen LogP contribution is 2.31. The molecule has 2 aromatic heterocycles. The van der Waals surface area contributed by atoms with Gasteiger partial charge in [-0.05, 0) is 50.9 Å². The summed E-state index contributed by atoms with van der Waals surface area (Å²) < 4.78 is 8.14. The van der Waals surface area contributed by atoms with Gasteiger partial charge in [0.15, 0.2) is 0 Å². The summed E-state index contributed by atoms with van der Waals surface area (Å²) in [6.07, 6.45) is 5.11. The lowest BCUT2D eigenvalue weighted by Crippen LogP contribution is -2.35. The molecule has 2 fully saturated rings. The predicted molar refractivity (Wildman–Crippen MR) is 126 cm³/mol. The first-order valence-corrected chi connectivity index (χ1v) is 12.5. The minimum absolute atomic E-state index is 0.000114. The fraction of sp³-hybridized carbons (Fsp3) is 0.652. The maximum atomic E-state index is 13.0. The van der Waals surface area contributed by atoms with Gasteiger partial charge in [0.1, 0.15) is 5.82 Å². The van der Waals surface area contributed by atoms with E-state index in [2.05, 4.69) is 16.3 Å². The zero-order valence-electron chi connectivity index (χ0n) is 18.7. The third kappa shape index (κ3) is 6.09. The number of rotatable bonds is 8. The van der Waals surface area contributed by atoms with E-state index in [9.17, 15) is 4.79 Å². The van der Waals surface area contributed by atoms with Crippen LogP contribution in [0.2, 0.25) is 4.34 Å². The average molecular weight is 465 g/mol. The zero-order chi connectivity index (χ0) is 22.0. The minimum atomic E-state index is -0.503. The highest BCUT2D eigenvalue weighted by molar-refractivity contribution is 7.16. The summed E-state index contributed by atoms with van der Waals surface area (Å²) in [6, 6.07) is 5.97. The molecule has 3 heterocycles. The fourth-order valence-corrected chi connectivity index (χ4v) is 4.88. The van der Waals surface area contributed by atoms with Gasteiger partial charge in [-0.15, -0.1) is 11.3 Å². The van der Waals surface area contributed by atoms with E-state index in [1.54, 1.807) is 16.0 Å². The van der Waals surface area contributed by atoms with Crippen molar-refractivity contribution in [2.24, 2.45) is 5.41 Å². The molecule has 6 nitrogen and oxygen atoms in total. The largest absolute Gasteiger partial charge is 0.377 e. The highest BCUT2D eigenvalue weighted by atomic mass is 35.5. The van der Waals surface area contributed by atoms with Crippen molar-refractivity contribution in [1.82, 2.24) is 14.7 Å². The third-order valence-electron chi connectivity index (χ3n) is 5.93. The van der Waals surface area contributed by atoms with Crippen LogP contribution in [0.5, 0.6) is 0 Å². The number of anilines is 1. The van der Waals surface area contributed by atoms with Crippen molar-refractivity contribution < 1.29 is 9.53 Å². The number of piperidine rings is 1. The minimum Gasteiger partial charge on any atom is -0.377 e. The maximum absolute atomic E-state index is 13.0. The molecule has 2 aromatic rings. The lowest BCUT2D eigenvalue weighted by molar-refractivity contribution is 0.0748. The molecule has 0 radical (unpaired) electrons. The summed E-state index contributed by atoms with van der Waals surface area (Å²) in [7, 11) is 0. The molecule has 2 aliphatic rings. The molecule has 0 spiro atoms. The van der Waals surface area contributed by atoms with Crippen molar-refractivity contribution in [3.63, 3.8) is 0 Å². The van der Waals surface area contributed by atoms with Crippen LogP contribution in [0.15, 0.2) is 18.2 Å². The van der Waals surface area contributed by atoms with E-state index in [-0.39, 0.29) is 5.91 Å². The van der Waals surface area contributed by atoms with Gasteiger partial charge in [-0.2, -0.15) is 9.78 Å². The van der Waals surface area contributed by atoms with Gasteiger partial charge in [-0.3, -0.25) is 4.79 Å². The van der Waals surface area contributed by atoms with E-state index in [0.717, 1.165) is 59.8 Å². The number of nitrogens with one attached hydrogen (secondary N) is 1. The van der Waals surface area contributed by atoms with Crippen LogP contribution in [0, 0.1) is 5.41 Å². The van der Waals surface area contributed by atoms with Crippen LogP contribution < -0.4 is 5.32 Å². The third-order valence-corrected chi connectivity index (χ3v) is 7.16. The van der Waals surface area contributed by atoms with Gasteiger partial charge in [-0.1, -0.05) is 32.4 Å². The second kappa shape index (κ2) is 9.61. The van der Waals surface area contributed by atoms with E-state index >= 15 is 0 Å². The van der Waals surface area contributed by atoms with Crippen molar-refractivity contribution in [2.75, 3.05) is 31.6 Å². The first-order chi connectivity index (χ1) is 14.8. The monoisotopic (exact) mass is 464 g/mol. The SMILES string of the molecule is CC(C)(C)C(=O)n1nc(C2CCN(CCOC3CC3)CC2)cc1NCc1ccc(Cl)s1. The van der Waals surface area contributed by atoms with Crippen LogP contribution in [0.4, 0.5) is 5.82 Å². The quantitative estimate of drug-likeness (QED) is 0.577. The van der Waals surface area contributed by atoms with Gasteiger partial charge in [0.05, 0.1) is 29.3 Å². The van der Waals surface area contributed by atoms with Crippen LogP contribution in [0.25, 0.3) is 0 Å². The van der Waals surface area contributed by atoms with Crippen molar-refractivity contribution in [3.8, 4) is 0 Å². The van der Waals surface area contributed by atoms with Gasteiger partial charge in [0, 0.05) is 28.8 Å². The Bertz CT molecular complexity index is 892. The molecule has 1 aliphatic carbocycles. The van der Waals surface area contributed by atoms with E-state index in [1.165, 1.54) is 12.8 Å². The fourth-order valence-electron chi connectivity index (χ4n) is 3.86. The number of hydrogen-bond donors (Lipinski definition) is 1. The number of carbonyl (C=O) groups is 1. The molecule has 170 valence electrons. The van der Waals surface area contributed by atoms with Gasteiger partial charge < -0.3 is 15.0 Å². The number of nitrogens with zero attached hydrogens (tertiary/aromatic N) is 3. The van der Waals surface area contributed by atoms with E-state index < -0.39 is 5.41 Å². The van der Waals surface area contributed by atoms with Crippen LogP contribution in [-0.4, -0.2) is 52.9 Å². The summed E-state index contributed by atoms with van der Waals surface area (Å²) in [6.45, 7) is 10.4. The Morgan fingerprint density at radius 2 is 2.00 bits per heavy atom. The standard InChI is InChI=1S/C23H33ClN4O2S/c1-23(2,3)22(29)28-21(25-15-18-6-7-20(24)31-18)14-19(26-28)16-8-10-27(11-9-16)12-13-30-17-4-5-17/h6-7,14,16-17,25H,4-5,8-13,15H2,1-3H3. The molecule has 1 N–H and O–H groups in total. The number of carbonyl (C=O) groups excluding carboxylic acids is 1. The van der Waals surface area contributed by atoms with Gasteiger partial charge in [-0.25, -0.2) is 0 Å². The Morgan fingerprint density at radius 3 is 2.61 bits per heavy atom. The molecule has 4 rings (SSSR count). The summed E-state index contributed by atoms with van der Waals surface area (Å²) in [5.74, 6) is 1.14. The number of hydrogen-bond acceptors (Lipinski definition) is 6. The molecule has 0 bridgehead atoms. The van der Waals surface area contributed by atoms with Gasteiger partial charge >= 0.3 is 0 Å². The summed E-state index contributed by atoms with van der Waals surface area (Å²) in [4.78, 5) is 16.7. The Balaban J connectivity index is 1.41. The number of likely N-dealkylation sites (tertiary alicyclic amines) is 1. The number of halogens is 1. The summed E-state index contributed by atoms with van der Waals surface area (Å²) in [5.41, 5.74) is 0.509. The molecule has 1 aliphatic heterocycles. The maximum Gasteiger partial charge on any atom is 0.254 e. The lowest BCUT2D eigenvalue weighted by Gasteiger charge is -2.31. The van der Waals surface area contributed by atoms with Gasteiger partial charge in [0.25, 0.3) is 5.91 Å². The summed E-state index contributed by atoms with van der Waals surface area (Å²) in [5, 5.41) is 8.19. The Labute approximate surface area is 193 Å². The Kier molecular flexibility index (Phi) is 7.06. The molecule has 0 amide bonds. The van der Waals surface area contributed by atoms with Crippen LogP contribution in [-0.2, 0) is 11.3 Å². The van der Waals surface area contributed by atoms with Crippen molar-refractivity contribution >= 4 is 34.7 Å². The van der Waals surface area contributed by atoms with Crippen LogP contribution >= 0.6 is 22.9 Å². The van der Waals surface area contributed by atoms with Crippen molar-refractivity contribution in [2.45, 2.75) is 65.0 Å². The second-order valence-corrected chi connectivity index (χ2v) is 11.5. The van der Waals surface area contributed by atoms with E-state index in [0.29, 0.717) is 18.6 Å². The molecule has 8 heteroatoms. The number of aromatic nitrogens is 2. The number of thiophene rings is 1. The number of ether oxygens (including phenoxy) is 1. The van der Waals surface area contributed by atoms with E-state index in [1.807, 2.05) is 32.9 Å². The molecular formula is C23H33ClN4O2S. The smallest absolute Gasteiger partial charge is 0.254 e. The topological polar surface area (TPSA) is 59.4 Å². The highest BCUT2D eigenvalue weighted by Gasteiger charge is 2.30. The molecule has 0 aromatic carbocycles. The lowest BCUT2D eigenvalue weighted by atomic mass is 9.93. The second-order valence-electron chi connectivity index (χ2n) is 9.67. The molecule has 31 heavy (non-hydrogen) atoms. The normalized spacial score (nSPS) is 18.5. The first-order valence-electron chi connectivity index (χ1n) is 11.3. The molecular weight excluding hydrogens is 432 g/mol. The molecule has 0 unspecified atom stereocenters. The van der Waals surface area contributed by atoms with Crippen molar-refractivity contribution in [3.05, 3.63) is 33.1 Å². The van der Waals surface area contributed by atoms with E-state index in [4.69, 9.17) is 21.4 Å². The summed E-state index contributed by atoms with van der Waals surface area (Å²) >= 11 is 7.60. The van der Waals surface area contributed by atoms with Crippen LogP contribution in [0.1, 0.15) is 67.7 Å². The van der Waals surface area contributed by atoms with Crippen molar-refractivity contribution in [1.29, 1.82) is 0 Å². The van der Waals surface area contributed by atoms with Crippen LogP contribution in [0.3, 0.4) is 0 Å². The Hall–Kier alpha value is -1.41. The molecule has 1 saturated carbocycles. The zero-order valence-corrected chi connectivity index (χ0v) is 20.3.